The van der Waals surface area contributed by atoms with Crippen molar-refractivity contribution in [2.75, 3.05) is 38.5 Å². The zero-order valence-corrected chi connectivity index (χ0v) is 37.2. The first-order valence-corrected chi connectivity index (χ1v) is 23.1. The Morgan fingerprint density at radius 3 is 2.19 bits per heavy atom. The number of imide groups is 1. The Balaban J connectivity index is 1.04. The molecule has 4 saturated heterocycles. The van der Waals surface area contributed by atoms with Crippen LogP contribution in [0.5, 0.6) is 0 Å². The largest absolute Gasteiger partial charge is 0.480 e. The predicted octanol–water partition coefficient (Wildman–Crippen LogP) is -0.358. The van der Waals surface area contributed by atoms with Crippen LogP contribution in [-0.4, -0.2) is 150 Å². The van der Waals surface area contributed by atoms with Crippen LogP contribution in [0, 0.1) is 11.8 Å². The molecule has 0 spiro atoms. The predicted molar refractivity (Wildman–Crippen MR) is 228 cm³/mol. The summed E-state index contributed by atoms with van der Waals surface area (Å²) in [7, 11) is 0. The van der Waals surface area contributed by atoms with Gasteiger partial charge in [-0.3, -0.25) is 38.9 Å². The van der Waals surface area contributed by atoms with Gasteiger partial charge in [0.05, 0.1) is 25.2 Å². The number of ether oxygens (including phenoxy) is 1. The SMILES string of the molecule is CC(C)C[C@H](NC(=O)CNC(=O)CNCCCCCCNC(=O)CCCC[C@@H]1SC[C@@H]2NC(=O)N[C@@H]21)C(=O)NC(=O)[C@H]1O[C@@H]1C(=O)N[C@@H](CC(C)C)C(=O)N1CCC[C@H]1C(=O)O. The Morgan fingerprint density at radius 1 is 0.790 bits per heavy atom. The van der Waals surface area contributed by atoms with Crippen LogP contribution in [0.25, 0.3) is 0 Å². The Labute approximate surface area is 367 Å². The quantitative estimate of drug-likeness (QED) is 0.0290. The lowest BCUT2D eigenvalue weighted by atomic mass is 10.0. The highest BCUT2D eigenvalue weighted by Gasteiger charge is 2.52. The summed E-state index contributed by atoms with van der Waals surface area (Å²) in [6.45, 7) is 8.41. The fraction of sp³-hybridized carbons (Fsp3) is 0.780. The van der Waals surface area contributed by atoms with Gasteiger partial charge >= 0.3 is 12.0 Å². The number of nitrogens with zero attached hydrogens (tertiary/aromatic N) is 1. The zero-order chi connectivity index (χ0) is 45.3. The van der Waals surface area contributed by atoms with Crippen molar-refractivity contribution in [2.24, 2.45) is 11.8 Å². The summed E-state index contributed by atoms with van der Waals surface area (Å²) in [5.41, 5.74) is 0. The highest BCUT2D eigenvalue weighted by molar-refractivity contribution is 8.00. The van der Waals surface area contributed by atoms with E-state index in [0.717, 1.165) is 50.7 Å². The van der Waals surface area contributed by atoms with Gasteiger partial charge in [0.25, 0.3) is 11.8 Å². The van der Waals surface area contributed by atoms with Gasteiger partial charge in [0.15, 0.2) is 12.2 Å². The van der Waals surface area contributed by atoms with Crippen LogP contribution in [0.2, 0.25) is 0 Å². The van der Waals surface area contributed by atoms with Gasteiger partial charge in [0.1, 0.15) is 18.1 Å². The molecule has 9 amide bonds. The second-order valence-corrected chi connectivity index (χ2v) is 18.7. The lowest BCUT2D eigenvalue weighted by molar-refractivity contribution is -0.149. The van der Waals surface area contributed by atoms with Crippen molar-refractivity contribution >= 4 is 65.1 Å². The van der Waals surface area contributed by atoms with E-state index < -0.39 is 78.3 Å². The van der Waals surface area contributed by atoms with Gasteiger partial charge in [-0.25, -0.2) is 9.59 Å². The van der Waals surface area contributed by atoms with Crippen LogP contribution in [0.4, 0.5) is 4.79 Å². The van der Waals surface area contributed by atoms with E-state index in [2.05, 4.69) is 42.5 Å². The molecule has 4 fully saturated rings. The number of thioether (sulfide) groups is 1. The number of urea groups is 1. The van der Waals surface area contributed by atoms with E-state index in [1.54, 1.807) is 0 Å². The Morgan fingerprint density at radius 2 is 1.48 bits per heavy atom. The van der Waals surface area contributed by atoms with Crippen LogP contribution in [0.3, 0.4) is 0 Å². The molecule has 4 aliphatic rings. The van der Waals surface area contributed by atoms with Crippen molar-refractivity contribution in [3.8, 4) is 0 Å². The molecule has 0 bridgehead atoms. The molecule has 9 N–H and O–H groups in total. The number of likely N-dealkylation sites (tertiary alicyclic amines) is 1. The van der Waals surface area contributed by atoms with Crippen LogP contribution < -0.4 is 42.5 Å². The fourth-order valence-corrected chi connectivity index (χ4v) is 9.48. The van der Waals surface area contributed by atoms with Crippen molar-refractivity contribution in [1.29, 1.82) is 0 Å². The first-order chi connectivity index (χ1) is 29.5. The molecular weight excluding hydrogens is 827 g/mol. The molecule has 0 radical (unpaired) electrons. The molecule has 0 unspecified atom stereocenters. The maximum atomic E-state index is 13.3. The molecule has 8 atom stereocenters. The number of carbonyl (C=O) groups excluding carboxylic acids is 8. The minimum atomic E-state index is -1.30. The first-order valence-electron chi connectivity index (χ1n) is 22.1. The number of unbranched alkanes of at least 4 members (excludes halogenated alkanes) is 4. The van der Waals surface area contributed by atoms with Crippen molar-refractivity contribution in [2.45, 2.75) is 152 Å². The number of amides is 9. The summed E-state index contributed by atoms with van der Waals surface area (Å²) < 4.78 is 5.27. The van der Waals surface area contributed by atoms with Crippen molar-refractivity contribution in [3.05, 3.63) is 0 Å². The van der Waals surface area contributed by atoms with Gasteiger partial charge in [-0.2, -0.15) is 11.8 Å². The molecular formula is C41H67N9O11S. The maximum absolute atomic E-state index is 13.3. The number of aliphatic carboxylic acids is 1. The van der Waals surface area contributed by atoms with E-state index in [9.17, 15) is 48.3 Å². The van der Waals surface area contributed by atoms with Crippen LogP contribution >= 0.6 is 11.8 Å². The molecule has 4 aliphatic heterocycles. The number of fused-ring (bicyclic) bond motifs is 1. The Hall–Kier alpha value is -4.50. The van der Waals surface area contributed by atoms with Gasteiger partial charge < -0.3 is 52.0 Å². The van der Waals surface area contributed by atoms with Gasteiger partial charge in [0.2, 0.25) is 29.5 Å². The smallest absolute Gasteiger partial charge is 0.326 e. The average Bonchev–Trinajstić information content (AvgIpc) is 3.48. The maximum Gasteiger partial charge on any atom is 0.326 e. The van der Waals surface area contributed by atoms with E-state index in [4.69, 9.17) is 4.74 Å². The first kappa shape index (κ1) is 50.1. The summed E-state index contributed by atoms with van der Waals surface area (Å²) in [6, 6.07) is -2.81. The summed E-state index contributed by atoms with van der Waals surface area (Å²) in [5.74, 6) is -4.24. The molecule has 0 aromatic carbocycles. The van der Waals surface area contributed by atoms with Crippen LogP contribution in [-0.2, 0) is 43.1 Å². The monoisotopic (exact) mass is 893 g/mol. The van der Waals surface area contributed by atoms with Crippen molar-refractivity contribution in [1.82, 2.24) is 47.4 Å². The Kier molecular flexibility index (Phi) is 20.2. The van der Waals surface area contributed by atoms with Gasteiger partial charge in [-0.05, 0) is 69.7 Å². The molecule has 62 heavy (non-hydrogen) atoms. The topological polar surface area (TPSA) is 286 Å². The second-order valence-electron chi connectivity index (χ2n) is 17.4. The van der Waals surface area contributed by atoms with Gasteiger partial charge in [0, 0.05) is 30.5 Å². The highest BCUT2D eigenvalue weighted by Crippen LogP contribution is 2.33. The number of carbonyl (C=O) groups is 9. The molecule has 0 aliphatic carbocycles. The number of carboxylic acid groups (broad SMARTS) is 1. The minimum Gasteiger partial charge on any atom is -0.480 e. The summed E-state index contributed by atoms with van der Waals surface area (Å²) in [4.78, 5) is 114. The van der Waals surface area contributed by atoms with Crippen LogP contribution in [0.15, 0.2) is 0 Å². The number of hydrogen-bond acceptors (Lipinski definition) is 12. The van der Waals surface area contributed by atoms with Crippen molar-refractivity contribution < 1.29 is 53.0 Å². The number of hydrogen-bond donors (Lipinski definition) is 9. The normalized spacial score (nSPS) is 23.5. The standard InChI is InChI=1S/C41H67N9O11S/c1-23(2)18-25(36(54)49-38(56)35-34(61-35)37(55)46-26(19-24(3)4)39(57)50-17-11-12-28(50)40(58)59)45-32(53)21-44-31(52)20-42-15-9-5-6-10-16-43-30(51)14-8-7-13-29-33-27(22-62-29)47-41(60)48-33/h23-29,33-35,42H,5-22H2,1-4H3,(H,43,51)(H,44,52)(H,45,53)(H,46,55)(H,58,59)(H2,47,48,60)(H,49,54,56)/t25-,26-,27-,28-,29-,33-,34-,35-/m0/s1. The molecule has 0 aromatic rings. The molecule has 0 aromatic heterocycles. The number of epoxide rings is 1. The van der Waals surface area contributed by atoms with E-state index >= 15 is 0 Å². The van der Waals surface area contributed by atoms with E-state index in [-0.39, 0.29) is 61.8 Å². The lowest BCUT2D eigenvalue weighted by Gasteiger charge is -2.28. The number of nitrogens with one attached hydrogen (secondary N) is 8. The molecule has 4 rings (SSSR count). The van der Waals surface area contributed by atoms with Crippen LogP contribution in [0.1, 0.15) is 105 Å². The second kappa shape index (κ2) is 25.0. The number of rotatable bonds is 27. The van der Waals surface area contributed by atoms with E-state index in [1.165, 1.54) is 4.90 Å². The molecule has 20 nitrogen and oxygen atoms in total. The molecule has 0 saturated carbocycles. The van der Waals surface area contributed by atoms with E-state index in [1.807, 2.05) is 39.5 Å². The van der Waals surface area contributed by atoms with Gasteiger partial charge in [-0.15, -0.1) is 0 Å². The summed E-state index contributed by atoms with van der Waals surface area (Å²) >= 11 is 1.88. The van der Waals surface area contributed by atoms with E-state index in [0.29, 0.717) is 37.6 Å². The highest BCUT2D eigenvalue weighted by atomic mass is 32.2. The summed E-state index contributed by atoms with van der Waals surface area (Å²) in [6.07, 6.45) is 5.44. The van der Waals surface area contributed by atoms with Crippen molar-refractivity contribution in [3.63, 3.8) is 0 Å². The fourth-order valence-electron chi connectivity index (χ4n) is 7.94. The Bertz CT molecular complexity index is 1620. The minimum absolute atomic E-state index is 0.0104. The molecule has 21 heteroatoms. The third kappa shape index (κ3) is 16.3. The third-order valence-corrected chi connectivity index (χ3v) is 12.7. The average molecular weight is 894 g/mol. The molecule has 348 valence electrons. The van der Waals surface area contributed by atoms with Gasteiger partial charge in [-0.1, -0.05) is 47.0 Å². The molecule has 4 heterocycles. The number of carboxylic acids is 1. The zero-order valence-electron chi connectivity index (χ0n) is 36.4. The summed E-state index contributed by atoms with van der Waals surface area (Å²) in [5, 5.41) is 31.7. The lowest BCUT2D eigenvalue weighted by Crippen LogP contribution is -2.53. The third-order valence-electron chi connectivity index (χ3n) is 11.2.